The Hall–Kier alpha value is -1.38. The van der Waals surface area contributed by atoms with Crippen LogP contribution in [0.25, 0.3) is 0 Å². The third kappa shape index (κ3) is 2.83. The van der Waals surface area contributed by atoms with E-state index in [0.29, 0.717) is 23.6 Å². The predicted molar refractivity (Wildman–Crippen MR) is 85.1 cm³/mol. The van der Waals surface area contributed by atoms with E-state index in [1.54, 1.807) is 12.1 Å². The first-order valence-corrected chi connectivity index (χ1v) is 7.71. The van der Waals surface area contributed by atoms with Gasteiger partial charge in [-0.25, -0.2) is 4.39 Å². The molecule has 0 saturated heterocycles. The molecule has 1 nitrogen and oxygen atoms in total. The van der Waals surface area contributed by atoms with Crippen molar-refractivity contribution in [3.63, 3.8) is 0 Å². The molecule has 0 radical (unpaired) electrons. The SMILES string of the molecule is NCC1(Cc2c(F)cccc2Cl)CCc2ccccc2C1. The van der Waals surface area contributed by atoms with Crippen LogP contribution in [0.3, 0.4) is 0 Å². The third-order valence-electron chi connectivity index (χ3n) is 4.65. The van der Waals surface area contributed by atoms with Crippen LogP contribution < -0.4 is 5.73 Å². The predicted octanol–water partition coefficient (Wildman–Crippen LogP) is 4.16. The maximum absolute atomic E-state index is 14.1. The van der Waals surface area contributed by atoms with Crippen molar-refractivity contribution in [2.75, 3.05) is 6.54 Å². The van der Waals surface area contributed by atoms with Gasteiger partial charge in [-0.15, -0.1) is 0 Å². The van der Waals surface area contributed by atoms with E-state index in [2.05, 4.69) is 24.3 Å². The summed E-state index contributed by atoms with van der Waals surface area (Å²) < 4.78 is 14.1. The number of hydrogen-bond acceptors (Lipinski definition) is 1. The number of benzene rings is 2. The Morgan fingerprint density at radius 1 is 1.10 bits per heavy atom. The molecule has 0 saturated carbocycles. The summed E-state index contributed by atoms with van der Waals surface area (Å²) in [6.07, 6.45) is 3.47. The average molecular weight is 304 g/mol. The van der Waals surface area contributed by atoms with Crippen LogP contribution in [-0.2, 0) is 19.3 Å². The molecule has 0 spiro atoms. The van der Waals surface area contributed by atoms with Gasteiger partial charge in [0.2, 0.25) is 0 Å². The molecule has 2 aromatic rings. The standard InChI is InChI=1S/C18H19ClFN/c19-16-6-3-7-17(20)15(16)11-18(12-21)9-8-13-4-1-2-5-14(13)10-18/h1-7H,8-12,21H2. The zero-order valence-corrected chi connectivity index (χ0v) is 12.7. The third-order valence-corrected chi connectivity index (χ3v) is 5.01. The molecular weight excluding hydrogens is 285 g/mol. The van der Waals surface area contributed by atoms with E-state index in [0.717, 1.165) is 19.3 Å². The van der Waals surface area contributed by atoms with Crippen LogP contribution >= 0.6 is 11.6 Å². The lowest BCUT2D eigenvalue weighted by atomic mass is 9.68. The Kier molecular flexibility index (Phi) is 4.01. The minimum Gasteiger partial charge on any atom is -0.330 e. The number of nitrogens with two attached hydrogens (primary N) is 1. The monoisotopic (exact) mass is 303 g/mol. The van der Waals surface area contributed by atoms with E-state index in [9.17, 15) is 4.39 Å². The lowest BCUT2D eigenvalue weighted by molar-refractivity contribution is 0.251. The molecule has 0 heterocycles. The van der Waals surface area contributed by atoms with E-state index in [1.807, 2.05) is 0 Å². The molecule has 0 fully saturated rings. The summed E-state index contributed by atoms with van der Waals surface area (Å²) in [4.78, 5) is 0. The molecular formula is C18H19ClFN. The van der Waals surface area contributed by atoms with Gasteiger partial charge in [-0.1, -0.05) is 41.9 Å². The van der Waals surface area contributed by atoms with Crippen molar-refractivity contribution < 1.29 is 4.39 Å². The van der Waals surface area contributed by atoms with Crippen molar-refractivity contribution >= 4 is 11.6 Å². The quantitative estimate of drug-likeness (QED) is 0.905. The summed E-state index contributed by atoms with van der Waals surface area (Å²) in [5.74, 6) is -0.228. The highest BCUT2D eigenvalue weighted by molar-refractivity contribution is 6.31. The van der Waals surface area contributed by atoms with Crippen LogP contribution in [-0.4, -0.2) is 6.54 Å². The fourth-order valence-corrected chi connectivity index (χ4v) is 3.57. The van der Waals surface area contributed by atoms with Crippen molar-refractivity contribution in [2.24, 2.45) is 11.1 Å². The minimum atomic E-state index is -0.228. The fraction of sp³-hybridized carbons (Fsp3) is 0.333. The average Bonchev–Trinajstić information content (AvgIpc) is 2.51. The maximum atomic E-state index is 14.1. The van der Waals surface area contributed by atoms with Crippen molar-refractivity contribution in [3.8, 4) is 0 Å². The Balaban J connectivity index is 1.93. The summed E-state index contributed by atoms with van der Waals surface area (Å²) in [5, 5.41) is 0.502. The summed E-state index contributed by atoms with van der Waals surface area (Å²) >= 11 is 6.19. The lowest BCUT2D eigenvalue weighted by Crippen LogP contribution is -2.38. The Bertz CT molecular complexity index is 635. The molecule has 0 amide bonds. The van der Waals surface area contributed by atoms with Gasteiger partial charge in [-0.05, 0) is 60.9 Å². The van der Waals surface area contributed by atoms with Gasteiger partial charge in [0, 0.05) is 10.6 Å². The second-order valence-corrected chi connectivity index (χ2v) is 6.43. The summed E-state index contributed by atoms with van der Waals surface area (Å²) in [7, 11) is 0. The molecule has 1 atom stereocenters. The first kappa shape index (κ1) is 14.6. The first-order valence-electron chi connectivity index (χ1n) is 7.33. The highest BCUT2D eigenvalue weighted by Crippen LogP contribution is 2.39. The molecule has 2 aromatic carbocycles. The van der Waals surface area contributed by atoms with Gasteiger partial charge >= 0.3 is 0 Å². The topological polar surface area (TPSA) is 26.0 Å². The first-order chi connectivity index (χ1) is 10.1. The van der Waals surface area contributed by atoms with Gasteiger partial charge in [0.15, 0.2) is 0 Å². The summed E-state index contributed by atoms with van der Waals surface area (Å²) in [6.45, 7) is 0.548. The number of rotatable bonds is 3. The Morgan fingerprint density at radius 2 is 1.86 bits per heavy atom. The number of aryl methyl sites for hydroxylation is 1. The van der Waals surface area contributed by atoms with Crippen LogP contribution in [0.1, 0.15) is 23.1 Å². The Morgan fingerprint density at radius 3 is 2.57 bits per heavy atom. The zero-order chi connectivity index (χ0) is 14.9. The van der Waals surface area contributed by atoms with Gasteiger partial charge in [0.1, 0.15) is 5.82 Å². The second kappa shape index (κ2) is 5.78. The largest absolute Gasteiger partial charge is 0.330 e. The van der Waals surface area contributed by atoms with E-state index in [4.69, 9.17) is 17.3 Å². The molecule has 1 aliphatic rings. The molecule has 21 heavy (non-hydrogen) atoms. The van der Waals surface area contributed by atoms with E-state index >= 15 is 0 Å². The van der Waals surface area contributed by atoms with Crippen LogP contribution in [0.4, 0.5) is 4.39 Å². The maximum Gasteiger partial charge on any atom is 0.127 e. The van der Waals surface area contributed by atoms with Gasteiger partial charge in [0.05, 0.1) is 0 Å². The van der Waals surface area contributed by atoms with Gasteiger partial charge in [-0.2, -0.15) is 0 Å². The smallest absolute Gasteiger partial charge is 0.127 e. The zero-order valence-electron chi connectivity index (χ0n) is 11.9. The number of fused-ring (bicyclic) bond motifs is 1. The highest BCUT2D eigenvalue weighted by atomic mass is 35.5. The van der Waals surface area contributed by atoms with Crippen LogP contribution in [0, 0.1) is 11.2 Å². The number of halogens is 2. The normalized spacial score (nSPS) is 21.1. The van der Waals surface area contributed by atoms with E-state index in [-0.39, 0.29) is 11.2 Å². The molecule has 0 bridgehead atoms. The van der Waals surface area contributed by atoms with Crippen molar-refractivity contribution in [1.29, 1.82) is 0 Å². The lowest BCUT2D eigenvalue weighted by Gasteiger charge is -2.38. The summed E-state index contributed by atoms with van der Waals surface area (Å²) in [6, 6.07) is 13.3. The van der Waals surface area contributed by atoms with E-state index < -0.39 is 0 Å². The van der Waals surface area contributed by atoms with Gasteiger partial charge in [0.25, 0.3) is 0 Å². The Labute approximate surface area is 129 Å². The fourth-order valence-electron chi connectivity index (χ4n) is 3.34. The van der Waals surface area contributed by atoms with Crippen molar-refractivity contribution in [1.82, 2.24) is 0 Å². The molecule has 110 valence electrons. The van der Waals surface area contributed by atoms with Crippen molar-refractivity contribution in [2.45, 2.75) is 25.7 Å². The number of hydrogen-bond donors (Lipinski definition) is 1. The molecule has 0 aromatic heterocycles. The molecule has 1 aliphatic carbocycles. The molecule has 1 unspecified atom stereocenters. The van der Waals surface area contributed by atoms with Crippen LogP contribution in [0.2, 0.25) is 5.02 Å². The minimum absolute atomic E-state index is 0.0970. The van der Waals surface area contributed by atoms with Crippen LogP contribution in [0.15, 0.2) is 42.5 Å². The molecule has 2 N–H and O–H groups in total. The molecule has 3 heteroatoms. The van der Waals surface area contributed by atoms with Crippen LogP contribution in [0.5, 0.6) is 0 Å². The summed E-state index contributed by atoms with van der Waals surface area (Å²) in [5.41, 5.74) is 9.31. The molecule has 0 aliphatic heterocycles. The van der Waals surface area contributed by atoms with Gasteiger partial charge in [-0.3, -0.25) is 0 Å². The molecule has 3 rings (SSSR count). The van der Waals surface area contributed by atoms with Gasteiger partial charge < -0.3 is 5.73 Å². The highest BCUT2D eigenvalue weighted by Gasteiger charge is 2.34. The second-order valence-electron chi connectivity index (χ2n) is 6.03. The van der Waals surface area contributed by atoms with Crippen molar-refractivity contribution in [3.05, 3.63) is 70.0 Å². The van der Waals surface area contributed by atoms with E-state index in [1.165, 1.54) is 17.2 Å².